The standard InChI is InChI=1S/C13H18N4/c1-16-7-5-10(6-8-16)13-15-9-11-3-2-4-12(14)17(11)13/h2-4,9-10H,5-8,14H2,1H3. The molecule has 2 aromatic heterocycles. The number of anilines is 1. The Morgan fingerprint density at radius 3 is 2.82 bits per heavy atom. The van der Waals surface area contributed by atoms with Gasteiger partial charge in [-0.2, -0.15) is 0 Å². The first-order chi connectivity index (χ1) is 8.25. The van der Waals surface area contributed by atoms with Gasteiger partial charge in [0, 0.05) is 5.92 Å². The zero-order valence-corrected chi connectivity index (χ0v) is 10.1. The first-order valence-electron chi connectivity index (χ1n) is 6.16. The van der Waals surface area contributed by atoms with Gasteiger partial charge in [0.2, 0.25) is 0 Å². The van der Waals surface area contributed by atoms with Crippen LogP contribution in [0.25, 0.3) is 5.52 Å². The smallest absolute Gasteiger partial charge is 0.118 e. The number of imidazole rings is 1. The number of fused-ring (bicyclic) bond motifs is 1. The van der Waals surface area contributed by atoms with E-state index in [1.165, 1.54) is 12.8 Å². The maximum absolute atomic E-state index is 6.05. The molecule has 2 aromatic rings. The summed E-state index contributed by atoms with van der Waals surface area (Å²) in [5.74, 6) is 2.46. The maximum atomic E-state index is 6.05. The first-order valence-corrected chi connectivity index (χ1v) is 6.16. The molecule has 1 aliphatic rings. The summed E-state index contributed by atoms with van der Waals surface area (Å²) in [4.78, 5) is 6.94. The summed E-state index contributed by atoms with van der Waals surface area (Å²) in [6.45, 7) is 2.29. The number of nitrogen functional groups attached to an aromatic ring is 1. The van der Waals surface area contributed by atoms with Crippen LogP contribution in [0.3, 0.4) is 0 Å². The van der Waals surface area contributed by atoms with Crippen molar-refractivity contribution in [1.82, 2.24) is 14.3 Å². The molecule has 0 unspecified atom stereocenters. The number of nitrogens with zero attached hydrogens (tertiary/aromatic N) is 3. The molecule has 4 heteroatoms. The molecule has 90 valence electrons. The van der Waals surface area contributed by atoms with Crippen molar-refractivity contribution < 1.29 is 0 Å². The molecule has 1 saturated heterocycles. The number of hydrogen-bond donors (Lipinski definition) is 1. The number of piperidine rings is 1. The number of pyridine rings is 1. The second kappa shape index (κ2) is 4.04. The Balaban J connectivity index is 2.00. The lowest BCUT2D eigenvalue weighted by molar-refractivity contribution is 0.251. The summed E-state index contributed by atoms with van der Waals surface area (Å²) < 4.78 is 2.09. The Hall–Kier alpha value is -1.55. The van der Waals surface area contributed by atoms with E-state index in [0.717, 1.165) is 30.2 Å². The van der Waals surface area contributed by atoms with Crippen LogP contribution >= 0.6 is 0 Å². The van der Waals surface area contributed by atoms with Gasteiger partial charge in [-0.25, -0.2) is 4.98 Å². The van der Waals surface area contributed by atoms with Crippen molar-refractivity contribution in [2.75, 3.05) is 25.9 Å². The van der Waals surface area contributed by atoms with E-state index in [1.807, 2.05) is 18.3 Å². The SMILES string of the molecule is CN1CCC(c2ncc3cccc(N)n23)CC1. The lowest BCUT2D eigenvalue weighted by atomic mass is 9.96. The fraction of sp³-hybridized carbons (Fsp3) is 0.462. The van der Waals surface area contributed by atoms with Gasteiger partial charge in [-0.15, -0.1) is 0 Å². The van der Waals surface area contributed by atoms with Crippen molar-refractivity contribution >= 4 is 11.3 Å². The van der Waals surface area contributed by atoms with E-state index in [0.29, 0.717) is 5.92 Å². The van der Waals surface area contributed by atoms with Gasteiger partial charge in [0.15, 0.2) is 0 Å². The fourth-order valence-corrected chi connectivity index (χ4v) is 2.65. The van der Waals surface area contributed by atoms with Crippen molar-refractivity contribution in [3.63, 3.8) is 0 Å². The highest BCUT2D eigenvalue weighted by Crippen LogP contribution is 2.28. The summed E-state index contributed by atoms with van der Waals surface area (Å²) >= 11 is 0. The molecule has 4 nitrogen and oxygen atoms in total. The van der Waals surface area contributed by atoms with Crippen LogP contribution in [-0.4, -0.2) is 34.4 Å². The lowest BCUT2D eigenvalue weighted by Crippen LogP contribution is -2.30. The van der Waals surface area contributed by atoms with Gasteiger partial charge >= 0.3 is 0 Å². The largest absolute Gasteiger partial charge is 0.385 e. The number of nitrogens with two attached hydrogens (primary N) is 1. The molecular formula is C13H18N4. The van der Waals surface area contributed by atoms with Gasteiger partial charge in [-0.3, -0.25) is 4.40 Å². The van der Waals surface area contributed by atoms with Gasteiger partial charge in [-0.1, -0.05) is 6.07 Å². The van der Waals surface area contributed by atoms with Gasteiger partial charge in [-0.05, 0) is 45.1 Å². The van der Waals surface area contributed by atoms with E-state index < -0.39 is 0 Å². The van der Waals surface area contributed by atoms with E-state index in [4.69, 9.17) is 5.73 Å². The van der Waals surface area contributed by atoms with Crippen LogP contribution in [0.15, 0.2) is 24.4 Å². The van der Waals surface area contributed by atoms with Crippen molar-refractivity contribution in [3.8, 4) is 0 Å². The molecule has 1 aliphatic heterocycles. The molecule has 3 rings (SSSR count). The Labute approximate surface area is 101 Å². The lowest BCUT2D eigenvalue weighted by Gasteiger charge is -2.28. The third-order valence-electron chi connectivity index (χ3n) is 3.69. The first kappa shape index (κ1) is 10.6. The highest BCUT2D eigenvalue weighted by atomic mass is 15.1. The molecule has 3 heterocycles. The predicted octanol–water partition coefficient (Wildman–Crippen LogP) is 1.73. The molecular weight excluding hydrogens is 212 g/mol. The Morgan fingerprint density at radius 1 is 1.29 bits per heavy atom. The number of hydrogen-bond acceptors (Lipinski definition) is 3. The van der Waals surface area contributed by atoms with Crippen LogP contribution in [0.2, 0.25) is 0 Å². The monoisotopic (exact) mass is 230 g/mol. The highest BCUT2D eigenvalue weighted by Gasteiger charge is 2.22. The minimum Gasteiger partial charge on any atom is -0.385 e. The summed E-state index contributed by atoms with van der Waals surface area (Å²) in [5, 5.41) is 0. The van der Waals surface area contributed by atoms with Gasteiger partial charge in [0.25, 0.3) is 0 Å². The Bertz CT molecular complexity index is 523. The minimum atomic E-state index is 0.540. The van der Waals surface area contributed by atoms with Crippen molar-refractivity contribution in [3.05, 3.63) is 30.2 Å². The van der Waals surface area contributed by atoms with E-state index in [-0.39, 0.29) is 0 Å². The molecule has 2 N–H and O–H groups in total. The molecule has 0 atom stereocenters. The maximum Gasteiger partial charge on any atom is 0.118 e. The van der Waals surface area contributed by atoms with Gasteiger partial charge in [0.1, 0.15) is 11.6 Å². The van der Waals surface area contributed by atoms with Crippen LogP contribution in [0, 0.1) is 0 Å². The summed E-state index contributed by atoms with van der Waals surface area (Å²) in [5.41, 5.74) is 7.14. The number of rotatable bonds is 1. The summed E-state index contributed by atoms with van der Waals surface area (Å²) in [6, 6.07) is 5.97. The fourth-order valence-electron chi connectivity index (χ4n) is 2.65. The highest BCUT2D eigenvalue weighted by molar-refractivity contribution is 5.53. The molecule has 0 amide bonds. The van der Waals surface area contributed by atoms with E-state index in [1.54, 1.807) is 0 Å². The van der Waals surface area contributed by atoms with Gasteiger partial charge < -0.3 is 10.6 Å². The van der Waals surface area contributed by atoms with E-state index >= 15 is 0 Å². The third kappa shape index (κ3) is 1.78. The molecule has 0 aliphatic carbocycles. The van der Waals surface area contributed by atoms with Crippen LogP contribution < -0.4 is 5.73 Å². The Morgan fingerprint density at radius 2 is 2.06 bits per heavy atom. The zero-order valence-electron chi connectivity index (χ0n) is 10.1. The van der Waals surface area contributed by atoms with Crippen LogP contribution in [0.1, 0.15) is 24.6 Å². The minimum absolute atomic E-state index is 0.540. The average molecular weight is 230 g/mol. The summed E-state index contributed by atoms with van der Waals surface area (Å²) in [6.07, 6.45) is 4.26. The normalized spacial score (nSPS) is 18.9. The molecule has 1 fully saturated rings. The summed E-state index contributed by atoms with van der Waals surface area (Å²) in [7, 11) is 2.17. The van der Waals surface area contributed by atoms with E-state index in [2.05, 4.69) is 27.4 Å². The number of likely N-dealkylation sites (tertiary alicyclic amines) is 1. The second-order valence-electron chi connectivity index (χ2n) is 4.90. The van der Waals surface area contributed by atoms with Crippen LogP contribution in [0.5, 0.6) is 0 Å². The van der Waals surface area contributed by atoms with Crippen molar-refractivity contribution in [1.29, 1.82) is 0 Å². The van der Waals surface area contributed by atoms with Gasteiger partial charge in [0.05, 0.1) is 11.7 Å². The van der Waals surface area contributed by atoms with Crippen LogP contribution in [-0.2, 0) is 0 Å². The van der Waals surface area contributed by atoms with Crippen molar-refractivity contribution in [2.45, 2.75) is 18.8 Å². The zero-order chi connectivity index (χ0) is 11.8. The van der Waals surface area contributed by atoms with E-state index in [9.17, 15) is 0 Å². The Kier molecular flexibility index (Phi) is 2.52. The number of aromatic nitrogens is 2. The third-order valence-corrected chi connectivity index (χ3v) is 3.69. The predicted molar refractivity (Wildman–Crippen MR) is 69.1 cm³/mol. The molecule has 0 radical (unpaired) electrons. The van der Waals surface area contributed by atoms with Crippen molar-refractivity contribution in [2.24, 2.45) is 0 Å². The van der Waals surface area contributed by atoms with Crippen LogP contribution in [0.4, 0.5) is 5.82 Å². The molecule has 0 bridgehead atoms. The molecule has 0 aromatic carbocycles. The molecule has 0 spiro atoms. The average Bonchev–Trinajstić information content (AvgIpc) is 2.75. The quantitative estimate of drug-likeness (QED) is 0.811. The topological polar surface area (TPSA) is 46.6 Å². The molecule has 0 saturated carbocycles. The molecule has 17 heavy (non-hydrogen) atoms. The second-order valence-corrected chi connectivity index (χ2v) is 4.90.